The van der Waals surface area contributed by atoms with E-state index in [1.807, 2.05) is 13.0 Å². The maximum absolute atomic E-state index is 5.76. The molecule has 0 spiro atoms. The Morgan fingerprint density at radius 1 is 1.57 bits per heavy atom. The highest BCUT2D eigenvalue weighted by Crippen LogP contribution is 2.16. The number of aromatic nitrogens is 2. The largest absolute Gasteiger partial charge is 0.473 e. The van der Waals surface area contributed by atoms with Gasteiger partial charge in [0.25, 0.3) is 0 Å². The minimum Gasteiger partial charge on any atom is -0.473 e. The van der Waals surface area contributed by atoms with Crippen LogP contribution in [0.2, 0.25) is 0 Å². The Labute approximate surface area is 84.0 Å². The summed E-state index contributed by atoms with van der Waals surface area (Å²) in [6.45, 7) is 5.20. The fraction of sp³-hybridized carbons (Fsp3) is 0.700. The number of nitrogens with one attached hydrogen (secondary N) is 2. The van der Waals surface area contributed by atoms with Gasteiger partial charge < -0.3 is 10.1 Å². The van der Waals surface area contributed by atoms with Gasteiger partial charge in [0, 0.05) is 17.8 Å². The summed E-state index contributed by atoms with van der Waals surface area (Å²) in [6.07, 6.45) is 2.44. The molecular formula is C10H17N3O. The molecule has 0 aliphatic carbocycles. The van der Waals surface area contributed by atoms with Crippen molar-refractivity contribution in [3.63, 3.8) is 0 Å². The molecule has 1 aliphatic rings. The molecule has 0 radical (unpaired) electrons. The van der Waals surface area contributed by atoms with Gasteiger partial charge in [-0.1, -0.05) is 0 Å². The number of ether oxygens (including phenoxy) is 1. The second kappa shape index (κ2) is 4.00. The molecule has 2 N–H and O–H groups in total. The summed E-state index contributed by atoms with van der Waals surface area (Å²) in [4.78, 5) is 0. The molecule has 2 unspecified atom stereocenters. The van der Waals surface area contributed by atoms with Crippen molar-refractivity contribution in [3.8, 4) is 5.88 Å². The highest BCUT2D eigenvalue weighted by Gasteiger charge is 2.20. The zero-order valence-electron chi connectivity index (χ0n) is 8.71. The first-order valence-corrected chi connectivity index (χ1v) is 5.16. The van der Waals surface area contributed by atoms with E-state index in [0.717, 1.165) is 31.0 Å². The van der Waals surface area contributed by atoms with Gasteiger partial charge >= 0.3 is 0 Å². The van der Waals surface area contributed by atoms with E-state index in [1.165, 1.54) is 0 Å². The van der Waals surface area contributed by atoms with Gasteiger partial charge in [-0.3, -0.25) is 5.10 Å². The third-order valence-corrected chi connectivity index (χ3v) is 2.55. The first-order valence-electron chi connectivity index (χ1n) is 5.16. The van der Waals surface area contributed by atoms with Crippen LogP contribution < -0.4 is 10.1 Å². The molecule has 1 saturated heterocycles. The van der Waals surface area contributed by atoms with Crippen molar-refractivity contribution in [3.05, 3.63) is 11.8 Å². The summed E-state index contributed by atoms with van der Waals surface area (Å²) in [7, 11) is 0. The minimum absolute atomic E-state index is 0.314. The van der Waals surface area contributed by atoms with E-state index in [9.17, 15) is 0 Å². The van der Waals surface area contributed by atoms with Crippen LogP contribution in [-0.4, -0.2) is 28.9 Å². The predicted molar refractivity (Wildman–Crippen MR) is 54.4 cm³/mol. The summed E-state index contributed by atoms with van der Waals surface area (Å²) in [5.74, 6) is 0.724. The Morgan fingerprint density at radius 2 is 2.43 bits per heavy atom. The minimum atomic E-state index is 0.314. The van der Waals surface area contributed by atoms with Gasteiger partial charge in [-0.15, -0.1) is 5.10 Å². The van der Waals surface area contributed by atoms with E-state index in [4.69, 9.17) is 4.74 Å². The molecule has 0 saturated carbocycles. The third-order valence-electron chi connectivity index (χ3n) is 2.55. The van der Waals surface area contributed by atoms with Crippen LogP contribution in [0.4, 0.5) is 0 Å². The van der Waals surface area contributed by atoms with Crippen LogP contribution in [0.25, 0.3) is 0 Å². The molecule has 1 fully saturated rings. The highest BCUT2D eigenvalue weighted by molar-refractivity contribution is 5.12. The van der Waals surface area contributed by atoms with Crippen molar-refractivity contribution in [2.45, 2.75) is 38.8 Å². The second-order valence-corrected chi connectivity index (χ2v) is 4.01. The third kappa shape index (κ3) is 2.26. The van der Waals surface area contributed by atoms with Crippen LogP contribution in [0.15, 0.2) is 6.07 Å². The normalized spacial score (nSPS) is 27.6. The van der Waals surface area contributed by atoms with E-state index in [0.29, 0.717) is 12.1 Å². The molecule has 1 aromatic rings. The first kappa shape index (κ1) is 9.52. The average Bonchev–Trinajstić information content (AvgIpc) is 2.51. The smallest absolute Gasteiger partial charge is 0.233 e. The quantitative estimate of drug-likeness (QED) is 0.746. The second-order valence-electron chi connectivity index (χ2n) is 4.01. The van der Waals surface area contributed by atoms with Gasteiger partial charge in [-0.25, -0.2) is 0 Å². The predicted octanol–water partition coefficient (Wildman–Crippen LogP) is 1.24. The Kier molecular flexibility index (Phi) is 2.72. The summed E-state index contributed by atoms with van der Waals surface area (Å²) >= 11 is 0. The van der Waals surface area contributed by atoms with E-state index >= 15 is 0 Å². The van der Waals surface area contributed by atoms with Crippen molar-refractivity contribution in [2.24, 2.45) is 0 Å². The zero-order chi connectivity index (χ0) is 9.97. The van der Waals surface area contributed by atoms with Crippen LogP contribution in [0.5, 0.6) is 5.88 Å². The molecule has 14 heavy (non-hydrogen) atoms. The number of rotatable bonds is 2. The van der Waals surface area contributed by atoms with Crippen molar-refractivity contribution in [1.82, 2.24) is 15.5 Å². The Hall–Kier alpha value is -1.03. The molecule has 78 valence electrons. The molecule has 0 aromatic carbocycles. The molecule has 2 rings (SSSR count). The summed E-state index contributed by atoms with van der Waals surface area (Å²) < 4.78 is 5.76. The summed E-state index contributed by atoms with van der Waals surface area (Å²) in [5.41, 5.74) is 1.04. The monoisotopic (exact) mass is 195 g/mol. The van der Waals surface area contributed by atoms with E-state index in [-0.39, 0.29) is 0 Å². The number of piperidine rings is 1. The van der Waals surface area contributed by atoms with E-state index in [1.54, 1.807) is 0 Å². The summed E-state index contributed by atoms with van der Waals surface area (Å²) in [6, 6.07) is 2.49. The molecule has 0 amide bonds. The molecule has 4 nitrogen and oxygen atoms in total. The van der Waals surface area contributed by atoms with Gasteiger partial charge in [-0.05, 0) is 33.2 Å². The molecule has 0 bridgehead atoms. The fourth-order valence-corrected chi connectivity index (χ4v) is 1.82. The standard InChI is InChI=1S/C10H17N3O/c1-7-5-9(3-4-11-7)14-10-6-8(2)12-13-10/h6-7,9,11H,3-5H2,1-2H3,(H,12,13). The Bertz CT molecular complexity index is 297. The SMILES string of the molecule is Cc1cc(OC2CCNC(C)C2)n[nH]1. The van der Waals surface area contributed by atoms with E-state index in [2.05, 4.69) is 22.4 Å². The van der Waals surface area contributed by atoms with Gasteiger partial charge in [0.2, 0.25) is 5.88 Å². The van der Waals surface area contributed by atoms with Crippen molar-refractivity contribution < 1.29 is 4.74 Å². The maximum atomic E-state index is 5.76. The van der Waals surface area contributed by atoms with Gasteiger partial charge in [-0.2, -0.15) is 0 Å². The van der Waals surface area contributed by atoms with Crippen LogP contribution in [0, 0.1) is 6.92 Å². The lowest BCUT2D eigenvalue weighted by molar-refractivity contribution is 0.138. The van der Waals surface area contributed by atoms with Gasteiger partial charge in [0.1, 0.15) is 6.10 Å². The molecule has 1 aromatic heterocycles. The van der Waals surface area contributed by atoms with Crippen LogP contribution >= 0.6 is 0 Å². The number of aromatic amines is 1. The number of nitrogens with zero attached hydrogens (tertiary/aromatic N) is 1. The lowest BCUT2D eigenvalue weighted by atomic mass is 10.0. The Balaban J connectivity index is 1.90. The number of aryl methyl sites for hydroxylation is 1. The van der Waals surface area contributed by atoms with E-state index < -0.39 is 0 Å². The molecule has 2 atom stereocenters. The molecular weight excluding hydrogens is 178 g/mol. The van der Waals surface area contributed by atoms with Crippen LogP contribution in [0.3, 0.4) is 0 Å². The maximum Gasteiger partial charge on any atom is 0.233 e. The summed E-state index contributed by atoms with van der Waals surface area (Å²) in [5, 5.41) is 10.3. The molecule has 2 heterocycles. The topological polar surface area (TPSA) is 49.9 Å². The first-order chi connectivity index (χ1) is 6.74. The highest BCUT2D eigenvalue weighted by atomic mass is 16.5. The van der Waals surface area contributed by atoms with Crippen molar-refractivity contribution >= 4 is 0 Å². The zero-order valence-corrected chi connectivity index (χ0v) is 8.71. The lowest BCUT2D eigenvalue weighted by Gasteiger charge is -2.27. The Morgan fingerprint density at radius 3 is 3.07 bits per heavy atom. The number of hydrogen-bond donors (Lipinski definition) is 2. The van der Waals surface area contributed by atoms with Crippen LogP contribution in [-0.2, 0) is 0 Å². The lowest BCUT2D eigenvalue weighted by Crippen LogP contribution is -2.40. The average molecular weight is 195 g/mol. The van der Waals surface area contributed by atoms with Crippen molar-refractivity contribution in [1.29, 1.82) is 0 Å². The number of H-pyrrole nitrogens is 1. The molecule has 4 heteroatoms. The number of hydrogen-bond acceptors (Lipinski definition) is 3. The van der Waals surface area contributed by atoms with Gasteiger partial charge in [0.15, 0.2) is 0 Å². The van der Waals surface area contributed by atoms with Crippen molar-refractivity contribution in [2.75, 3.05) is 6.54 Å². The van der Waals surface area contributed by atoms with Crippen LogP contribution in [0.1, 0.15) is 25.5 Å². The van der Waals surface area contributed by atoms with Gasteiger partial charge in [0.05, 0.1) is 0 Å². The molecule has 1 aliphatic heterocycles. The fourth-order valence-electron chi connectivity index (χ4n) is 1.82.